The van der Waals surface area contributed by atoms with E-state index in [0.717, 1.165) is 44.7 Å². The lowest BCUT2D eigenvalue weighted by Crippen LogP contribution is -2.36. The average Bonchev–Trinajstić information content (AvgIpc) is 3.41. The van der Waals surface area contributed by atoms with Crippen molar-refractivity contribution in [3.05, 3.63) is 36.5 Å². The predicted octanol–water partition coefficient (Wildman–Crippen LogP) is 2.28. The number of carboxylic acids is 1. The van der Waals surface area contributed by atoms with Crippen LogP contribution < -0.4 is 4.90 Å². The van der Waals surface area contributed by atoms with Crippen molar-refractivity contribution in [1.29, 1.82) is 0 Å². The van der Waals surface area contributed by atoms with Crippen LogP contribution in [0.4, 0.5) is 18.9 Å². The molecule has 11 heteroatoms. The molecule has 29 heavy (non-hydrogen) atoms. The lowest BCUT2D eigenvalue weighted by molar-refractivity contribution is -0.192. The number of anilines is 1. The number of alkyl halides is 3. The van der Waals surface area contributed by atoms with E-state index in [4.69, 9.17) is 14.3 Å². The van der Waals surface area contributed by atoms with Crippen LogP contribution in [0.3, 0.4) is 0 Å². The molecule has 1 amide bonds. The summed E-state index contributed by atoms with van der Waals surface area (Å²) in [7, 11) is 1.88. The zero-order valence-electron chi connectivity index (χ0n) is 15.7. The molecule has 158 valence electrons. The summed E-state index contributed by atoms with van der Waals surface area (Å²) in [6.45, 7) is 3.47. The molecule has 1 N–H and O–H groups in total. The average molecular weight is 414 g/mol. The van der Waals surface area contributed by atoms with Crippen LogP contribution in [0.25, 0.3) is 0 Å². The Kier molecular flexibility index (Phi) is 5.69. The van der Waals surface area contributed by atoms with E-state index < -0.39 is 12.1 Å². The van der Waals surface area contributed by atoms with Gasteiger partial charge in [-0.1, -0.05) is 0 Å². The molecule has 2 aromatic heterocycles. The third kappa shape index (κ3) is 4.61. The van der Waals surface area contributed by atoms with Crippen LogP contribution in [-0.4, -0.2) is 57.5 Å². The van der Waals surface area contributed by atoms with Gasteiger partial charge in [0.2, 0.25) is 5.91 Å². The number of halogens is 3. The monoisotopic (exact) mass is 414 g/mol. The number of aromatic nitrogens is 2. The summed E-state index contributed by atoms with van der Waals surface area (Å²) in [6, 6.07) is 1.99. The van der Waals surface area contributed by atoms with E-state index in [2.05, 4.69) is 10.00 Å². The third-order valence-corrected chi connectivity index (χ3v) is 5.18. The molecule has 0 bridgehead atoms. The highest BCUT2D eigenvalue weighted by Crippen LogP contribution is 2.42. The highest BCUT2D eigenvalue weighted by Gasteiger charge is 2.51. The van der Waals surface area contributed by atoms with Gasteiger partial charge in [-0.05, 0) is 25.5 Å². The lowest BCUT2D eigenvalue weighted by atomic mass is 9.85. The van der Waals surface area contributed by atoms with Crippen molar-refractivity contribution in [3.8, 4) is 0 Å². The van der Waals surface area contributed by atoms with E-state index in [1.165, 1.54) is 5.56 Å². The maximum absolute atomic E-state index is 12.9. The predicted molar refractivity (Wildman–Crippen MR) is 94.9 cm³/mol. The second-order valence-corrected chi connectivity index (χ2v) is 7.25. The number of carboxylic acid groups (broad SMARTS) is 1. The van der Waals surface area contributed by atoms with Crippen LogP contribution in [-0.2, 0) is 23.2 Å². The highest BCUT2D eigenvalue weighted by molar-refractivity contribution is 6.00. The van der Waals surface area contributed by atoms with Crippen LogP contribution in [0, 0.1) is 5.41 Å². The van der Waals surface area contributed by atoms with Crippen LogP contribution in [0.2, 0.25) is 0 Å². The zero-order chi connectivity index (χ0) is 21.2. The summed E-state index contributed by atoms with van der Waals surface area (Å²) in [5.74, 6) is -2.50. The second-order valence-electron chi connectivity index (χ2n) is 7.25. The fourth-order valence-corrected chi connectivity index (χ4v) is 3.73. The first-order valence-corrected chi connectivity index (χ1v) is 8.95. The van der Waals surface area contributed by atoms with E-state index in [1.54, 1.807) is 23.4 Å². The van der Waals surface area contributed by atoms with Crippen molar-refractivity contribution in [2.75, 3.05) is 24.5 Å². The summed E-state index contributed by atoms with van der Waals surface area (Å²) >= 11 is 0. The molecule has 8 nitrogen and oxygen atoms in total. The van der Waals surface area contributed by atoms with Crippen molar-refractivity contribution in [3.63, 3.8) is 0 Å². The van der Waals surface area contributed by atoms with Gasteiger partial charge in [-0.3, -0.25) is 14.4 Å². The van der Waals surface area contributed by atoms with Crippen LogP contribution >= 0.6 is 0 Å². The second kappa shape index (κ2) is 7.90. The number of hydrogen-bond donors (Lipinski definition) is 1. The zero-order valence-corrected chi connectivity index (χ0v) is 15.7. The van der Waals surface area contributed by atoms with Gasteiger partial charge in [-0.15, -0.1) is 0 Å². The Morgan fingerprint density at radius 2 is 2.03 bits per heavy atom. The molecule has 2 aliphatic rings. The van der Waals surface area contributed by atoms with Crippen molar-refractivity contribution in [1.82, 2.24) is 14.7 Å². The van der Waals surface area contributed by atoms with Gasteiger partial charge < -0.3 is 14.4 Å². The summed E-state index contributed by atoms with van der Waals surface area (Å²) in [5, 5.41) is 11.3. The molecule has 4 rings (SSSR count). The van der Waals surface area contributed by atoms with Gasteiger partial charge in [0.1, 0.15) is 0 Å². The topological polar surface area (TPSA) is 91.8 Å². The molecule has 1 atom stereocenters. The molecule has 4 heterocycles. The fraction of sp³-hybridized carbons (Fsp3) is 0.500. The Morgan fingerprint density at radius 1 is 1.34 bits per heavy atom. The quantitative estimate of drug-likeness (QED) is 0.829. The molecule has 0 radical (unpaired) electrons. The van der Waals surface area contributed by atoms with Crippen LogP contribution in [0.5, 0.6) is 0 Å². The molecule has 0 saturated carbocycles. The summed E-state index contributed by atoms with van der Waals surface area (Å²) < 4.78 is 38.6. The normalized spacial score (nSPS) is 22.2. The molecule has 0 aliphatic carbocycles. The Morgan fingerprint density at radius 3 is 2.59 bits per heavy atom. The Balaban J connectivity index is 0.000000298. The van der Waals surface area contributed by atoms with Gasteiger partial charge in [-0.2, -0.15) is 18.3 Å². The van der Waals surface area contributed by atoms with Gasteiger partial charge >= 0.3 is 12.1 Å². The largest absolute Gasteiger partial charge is 0.490 e. The number of aryl methyl sites for hydroxylation is 1. The van der Waals surface area contributed by atoms with Crippen molar-refractivity contribution in [2.45, 2.75) is 25.6 Å². The fourth-order valence-electron chi connectivity index (χ4n) is 3.73. The molecule has 2 aliphatic heterocycles. The molecule has 0 aromatic carbocycles. The molecule has 2 aromatic rings. The van der Waals surface area contributed by atoms with Crippen LogP contribution in [0.1, 0.15) is 18.4 Å². The first kappa shape index (κ1) is 20.9. The standard InChI is InChI=1S/C16H20N4O2.C2HF3O2/c1-18-10-14(8-17-18)20-6-4-16(15(20)21)3-5-19(12-16)9-13-2-7-22-11-13;3-2(4,5)1(6)7/h2,7-8,10-11H,3-6,9,12H2,1H3;(H,6,7). The maximum Gasteiger partial charge on any atom is 0.490 e. The maximum atomic E-state index is 12.9. The minimum Gasteiger partial charge on any atom is -0.475 e. The van der Waals surface area contributed by atoms with Crippen molar-refractivity contribution >= 4 is 17.6 Å². The van der Waals surface area contributed by atoms with E-state index in [9.17, 15) is 18.0 Å². The number of carbonyl (C=O) groups is 2. The van der Waals surface area contributed by atoms with Gasteiger partial charge in [0.05, 0.1) is 29.8 Å². The highest BCUT2D eigenvalue weighted by atomic mass is 19.4. The Labute approximate surface area is 164 Å². The molecular weight excluding hydrogens is 393 g/mol. The van der Waals surface area contributed by atoms with Gasteiger partial charge in [0.15, 0.2) is 0 Å². The number of aliphatic carboxylic acids is 1. The van der Waals surface area contributed by atoms with E-state index in [0.29, 0.717) is 0 Å². The van der Waals surface area contributed by atoms with Gasteiger partial charge in [0, 0.05) is 38.4 Å². The van der Waals surface area contributed by atoms with E-state index in [-0.39, 0.29) is 11.3 Å². The van der Waals surface area contributed by atoms with E-state index in [1.807, 2.05) is 24.2 Å². The number of amides is 1. The van der Waals surface area contributed by atoms with Gasteiger partial charge in [0.25, 0.3) is 0 Å². The smallest absolute Gasteiger partial charge is 0.475 e. The number of rotatable bonds is 3. The van der Waals surface area contributed by atoms with E-state index >= 15 is 0 Å². The lowest BCUT2D eigenvalue weighted by Gasteiger charge is -2.23. The minimum absolute atomic E-state index is 0.209. The number of hydrogen-bond acceptors (Lipinski definition) is 5. The van der Waals surface area contributed by atoms with Gasteiger partial charge in [-0.25, -0.2) is 4.79 Å². The Hall–Kier alpha value is -2.82. The van der Waals surface area contributed by atoms with Crippen molar-refractivity contribution in [2.24, 2.45) is 12.5 Å². The first-order valence-electron chi connectivity index (χ1n) is 8.95. The number of carbonyl (C=O) groups excluding carboxylic acids is 1. The Bertz CT molecular complexity index is 865. The summed E-state index contributed by atoms with van der Waals surface area (Å²) in [5.41, 5.74) is 1.88. The summed E-state index contributed by atoms with van der Waals surface area (Å²) in [6.07, 6.45) is 3.96. The number of likely N-dealkylation sites (tertiary alicyclic amines) is 1. The molecule has 1 spiro atoms. The number of nitrogens with zero attached hydrogens (tertiary/aromatic N) is 4. The first-order chi connectivity index (χ1) is 13.6. The molecule has 1 unspecified atom stereocenters. The molecule has 2 saturated heterocycles. The molecular formula is C18H21F3N4O4. The SMILES string of the molecule is Cn1cc(N2CCC3(CCN(Cc4ccoc4)C3)C2=O)cn1.O=C(O)C(F)(F)F. The van der Waals surface area contributed by atoms with Crippen LogP contribution in [0.15, 0.2) is 35.4 Å². The minimum atomic E-state index is -5.08. The number of furan rings is 1. The third-order valence-electron chi connectivity index (χ3n) is 5.18. The molecule has 2 fully saturated rings. The van der Waals surface area contributed by atoms with Crippen molar-refractivity contribution < 1.29 is 32.3 Å². The summed E-state index contributed by atoms with van der Waals surface area (Å²) in [4.78, 5) is 26.1.